The van der Waals surface area contributed by atoms with Gasteiger partial charge in [0, 0.05) is 19.3 Å². The standard InChI is InChI=1S/C13H21N3O4S/c1-8-16(10(7-21-8)12(18)19)13(20)15-6-4-3-5-9(15)11(17)14-2/h8-10H,3-7H2,1-2H3,(H,14,17)(H,18,19). The van der Waals surface area contributed by atoms with E-state index in [0.29, 0.717) is 18.7 Å². The summed E-state index contributed by atoms with van der Waals surface area (Å²) in [5, 5.41) is 11.7. The zero-order valence-electron chi connectivity index (χ0n) is 12.2. The van der Waals surface area contributed by atoms with Crippen molar-refractivity contribution in [3.05, 3.63) is 0 Å². The second-order valence-electron chi connectivity index (χ2n) is 5.30. The van der Waals surface area contributed by atoms with Crippen LogP contribution in [0.2, 0.25) is 0 Å². The minimum absolute atomic E-state index is 0.186. The van der Waals surface area contributed by atoms with E-state index < -0.39 is 18.1 Å². The number of nitrogens with one attached hydrogen (secondary N) is 1. The number of likely N-dealkylation sites (tertiary alicyclic amines) is 1. The Bertz CT molecular complexity index is 445. The molecule has 3 atom stereocenters. The molecule has 21 heavy (non-hydrogen) atoms. The minimum Gasteiger partial charge on any atom is -0.480 e. The Hall–Kier alpha value is -1.44. The van der Waals surface area contributed by atoms with Gasteiger partial charge in [-0.25, -0.2) is 9.59 Å². The predicted octanol–water partition coefficient (Wildman–Crippen LogP) is 0.555. The highest BCUT2D eigenvalue weighted by atomic mass is 32.2. The number of aliphatic carboxylic acids is 1. The summed E-state index contributed by atoms with van der Waals surface area (Å²) in [6, 6.07) is -1.65. The lowest BCUT2D eigenvalue weighted by molar-refractivity contribution is -0.141. The largest absolute Gasteiger partial charge is 0.480 e. The number of carbonyl (C=O) groups excluding carboxylic acids is 2. The van der Waals surface area contributed by atoms with Gasteiger partial charge in [0.1, 0.15) is 12.1 Å². The third kappa shape index (κ3) is 3.09. The Kier molecular flexibility index (Phi) is 4.97. The van der Waals surface area contributed by atoms with E-state index in [1.165, 1.54) is 21.6 Å². The number of hydrogen-bond acceptors (Lipinski definition) is 4. The van der Waals surface area contributed by atoms with E-state index in [9.17, 15) is 19.5 Å². The van der Waals surface area contributed by atoms with Gasteiger partial charge in [-0.15, -0.1) is 11.8 Å². The zero-order chi connectivity index (χ0) is 15.6. The van der Waals surface area contributed by atoms with Gasteiger partial charge >= 0.3 is 12.0 Å². The van der Waals surface area contributed by atoms with Crippen molar-refractivity contribution in [1.82, 2.24) is 15.1 Å². The molecule has 2 fully saturated rings. The van der Waals surface area contributed by atoms with Crippen LogP contribution in [0.3, 0.4) is 0 Å². The average molecular weight is 315 g/mol. The third-order valence-corrected chi connectivity index (χ3v) is 5.24. The van der Waals surface area contributed by atoms with Gasteiger partial charge in [-0.2, -0.15) is 0 Å². The fourth-order valence-electron chi connectivity index (χ4n) is 2.87. The molecule has 2 aliphatic heterocycles. The molecule has 2 N–H and O–H groups in total. The van der Waals surface area contributed by atoms with Crippen molar-refractivity contribution in [2.75, 3.05) is 19.3 Å². The molecule has 2 saturated heterocycles. The molecule has 3 amide bonds. The molecule has 2 heterocycles. The average Bonchev–Trinajstić information content (AvgIpc) is 2.87. The second kappa shape index (κ2) is 6.55. The molecule has 0 saturated carbocycles. The molecule has 0 bridgehead atoms. The number of nitrogens with zero attached hydrogens (tertiary/aromatic N) is 2. The highest BCUT2D eigenvalue weighted by Crippen LogP contribution is 2.31. The first-order valence-corrected chi connectivity index (χ1v) is 8.17. The summed E-state index contributed by atoms with van der Waals surface area (Å²) < 4.78 is 0. The number of thioether (sulfide) groups is 1. The number of piperidine rings is 1. The molecule has 118 valence electrons. The normalized spacial score (nSPS) is 29.3. The van der Waals surface area contributed by atoms with E-state index in [0.717, 1.165) is 12.8 Å². The molecule has 0 aliphatic carbocycles. The van der Waals surface area contributed by atoms with Gasteiger partial charge in [0.15, 0.2) is 0 Å². The molecule has 7 nitrogen and oxygen atoms in total. The molecule has 0 aromatic heterocycles. The Balaban J connectivity index is 2.19. The van der Waals surface area contributed by atoms with E-state index >= 15 is 0 Å². The van der Waals surface area contributed by atoms with Crippen molar-refractivity contribution in [3.8, 4) is 0 Å². The summed E-state index contributed by atoms with van der Waals surface area (Å²) in [4.78, 5) is 38.9. The van der Waals surface area contributed by atoms with Gasteiger partial charge in [-0.1, -0.05) is 0 Å². The maximum Gasteiger partial charge on any atom is 0.327 e. The van der Waals surface area contributed by atoms with Crippen LogP contribution in [0.25, 0.3) is 0 Å². The molecular weight excluding hydrogens is 294 g/mol. The van der Waals surface area contributed by atoms with E-state index in [1.54, 1.807) is 7.05 Å². The molecular formula is C13H21N3O4S. The van der Waals surface area contributed by atoms with Crippen LogP contribution in [0.4, 0.5) is 4.79 Å². The Morgan fingerprint density at radius 3 is 2.57 bits per heavy atom. The van der Waals surface area contributed by atoms with Crippen LogP contribution in [-0.2, 0) is 9.59 Å². The summed E-state index contributed by atoms with van der Waals surface area (Å²) in [6.07, 6.45) is 2.36. The minimum atomic E-state index is -0.992. The third-order valence-electron chi connectivity index (χ3n) is 4.03. The van der Waals surface area contributed by atoms with Gasteiger partial charge in [0.05, 0.1) is 5.37 Å². The van der Waals surface area contributed by atoms with Gasteiger partial charge < -0.3 is 15.3 Å². The van der Waals surface area contributed by atoms with Crippen LogP contribution >= 0.6 is 11.8 Å². The first kappa shape index (κ1) is 15.9. The maximum atomic E-state index is 12.8. The number of likely N-dealkylation sites (N-methyl/N-ethyl adjacent to an activating group) is 1. The summed E-state index contributed by atoms with van der Waals surface area (Å²) in [7, 11) is 1.55. The summed E-state index contributed by atoms with van der Waals surface area (Å²) in [6.45, 7) is 2.32. The fraction of sp³-hybridized carbons (Fsp3) is 0.769. The van der Waals surface area contributed by atoms with Crippen molar-refractivity contribution in [2.45, 2.75) is 43.6 Å². The van der Waals surface area contributed by atoms with Crippen molar-refractivity contribution in [2.24, 2.45) is 0 Å². The Morgan fingerprint density at radius 2 is 1.95 bits per heavy atom. The highest BCUT2D eigenvalue weighted by molar-refractivity contribution is 8.00. The monoisotopic (exact) mass is 315 g/mol. The Labute approximate surface area is 128 Å². The number of rotatable bonds is 2. The van der Waals surface area contributed by atoms with Crippen LogP contribution in [0, 0.1) is 0 Å². The summed E-state index contributed by atoms with van der Waals surface area (Å²) >= 11 is 1.45. The molecule has 0 spiro atoms. The molecule has 0 aromatic carbocycles. The van der Waals surface area contributed by atoms with Gasteiger partial charge in [0.2, 0.25) is 5.91 Å². The van der Waals surface area contributed by atoms with Crippen molar-refractivity contribution < 1.29 is 19.5 Å². The highest BCUT2D eigenvalue weighted by Gasteiger charge is 2.44. The fourth-order valence-corrected chi connectivity index (χ4v) is 4.03. The lowest BCUT2D eigenvalue weighted by atomic mass is 10.0. The number of urea groups is 1. The maximum absolute atomic E-state index is 12.8. The number of carboxylic acid groups (broad SMARTS) is 1. The molecule has 3 unspecified atom stereocenters. The number of amides is 3. The molecule has 2 aliphatic rings. The lowest BCUT2D eigenvalue weighted by Gasteiger charge is -2.38. The summed E-state index contributed by atoms with van der Waals surface area (Å²) in [5.74, 6) is -0.788. The SMILES string of the molecule is CNC(=O)C1CCCCN1C(=O)N1C(C)SCC1C(=O)O. The number of carbonyl (C=O) groups is 3. The smallest absolute Gasteiger partial charge is 0.327 e. The van der Waals surface area contributed by atoms with Crippen LogP contribution in [0.15, 0.2) is 0 Å². The van der Waals surface area contributed by atoms with E-state index in [4.69, 9.17) is 0 Å². The van der Waals surface area contributed by atoms with Crippen LogP contribution < -0.4 is 5.32 Å². The summed E-state index contributed by atoms with van der Waals surface area (Å²) in [5.41, 5.74) is 0. The zero-order valence-corrected chi connectivity index (χ0v) is 13.1. The topological polar surface area (TPSA) is 90.0 Å². The van der Waals surface area contributed by atoms with Gasteiger partial charge in [-0.05, 0) is 26.2 Å². The quantitative estimate of drug-likeness (QED) is 0.777. The Morgan fingerprint density at radius 1 is 1.24 bits per heavy atom. The molecule has 2 rings (SSSR count). The van der Waals surface area contributed by atoms with E-state index in [-0.39, 0.29) is 17.3 Å². The van der Waals surface area contributed by atoms with Crippen LogP contribution in [0.5, 0.6) is 0 Å². The number of carboxylic acids is 1. The molecule has 0 radical (unpaired) electrons. The predicted molar refractivity (Wildman–Crippen MR) is 79.0 cm³/mol. The van der Waals surface area contributed by atoms with Crippen molar-refractivity contribution >= 4 is 29.7 Å². The van der Waals surface area contributed by atoms with Gasteiger partial charge in [0.25, 0.3) is 0 Å². The van der Waals surface area contributed by atoms with E-state index in [2.05, 4.69) is 5.32 Å². The first-order valence-electron chi connectivity index (χ1n) is 7.12. The van der Waals surface area contributed by atoms with Gasteiger partial charge in [-0.3, -0.25) is 9.69 Å². The molecule has 0 aromatic rings. The second-order valence-corrected chi connectivity index (χ2v) is 6.64. The van der Waals surface area contributed by atoms with E-state index in [1.807, 2.05) is 6.92 Å². The van der Waals surface area contributed by atoms with Crippen LogP contribution in [-0.4, -0.2) is 69.6 Å². The van der Waals surface area contributed by atoms with Crippen molar-refractivity contribution in [3.63, 3.8) is 0 Å². The van der Waals surface area contributed by atoms with Crippen molar-refractivity contribution in [1.29, 1.82) is 0 Å². The van der Waals surface area contributed by atoms with Crippen LogP contribution in [0.1, 0.15) is 26.2 Å². The molecule has 8 heteroatoms. The number of hydrogen-bond donors (Lipinski definition) is 2. The first-order chi connectivity index (χ1) is 9.97. The lowest BCUT2D eigenvalue weighted by Crippen LogP contribution is -2.58.